The van der Waals surface area contributed by atoms with Gasteiger partial charge in [-0.25, -0.2) is 0 Å². The van der Waals surface area contributed by atoms with Gasteiger partial charge in [0.25, 0.3) is 11.8 Å². The number of piperazine rings is 1. The van der Waals surface area contributed by atoms with Crippen molar-refractivity contribution in [1.82, 2.24) is 14.8 Å². The highest BCUT2D eigenvalue weighted by Crippen LogP contribution is 2.28. The molecular formula is C22H24N4O3. The van der Waals surface area contributed by atoms with Gasteiger partial charge in [-0.2, -0.15) is 0 Å². The normalized spacial score (nSPS) is 16.4. The number of rotatable bonds is 2. The lowest BCUT2D eigenvalue weighted by molar-refractivity contribution is -0.130. The maximum absolute atomic E-state index is 13.2. The van der Waals surface area contributed by atoms with Crippen LogP contribution < -0.4 is 4.90 Å². The standard InChI is InChI=1S/C22H24N4O3/c1-16(27)24-11-13-25(14-12-24)22(29)19-15-18(8-9-23-19)21(28)26-10-4-6-17-5-2-3-7-20(17)26/h2-3,5,7-9,15H,4,6,10-14H2,1H3. The van der Waals surface area contributed by atoms with E-state index in [4.69, 9.17) is 0 Å². The molecule has 2 aliphatic heterocycles. The number of hydrogen-bond donors (Lipinski definition) is 0. The van der Waals surface area contributed by atoms with Crippen LogP contribution in [0.3, 0.4) is 0 Å². The molecule has 0 aliphatic carbocycles. The second-order valence-electron chi connectivity index (χ2n) is 7.42. The molecule has 0 saturated carbocycles. The van der Waals surface area contributed by atoms with Crippen molar-refractivity contribution in [2.45, 2.75) is 19.8 Å². The van der Waals surface area contributed by atoms with Crippen molar-refractivity contribution < 1.29 is 14.4 Å². The number of aromatic nitrogens is 1. The van der Waals surface area contributed by atoms with Gasteiger partial charge in [0.1, 0.15) is 5.69 Å². The quantitative estimate of drug-likeness (QED) is 0.783. The molecule has 1 fully saturated rings. The molecule has 1 saturated heterocycles. The van der Waals surface area contributed by atoms with Gasteiger partial charge in [0, 0.05) is 57.1 Å². The van der Waals surface area contributed by atoms with Crippen LogP contribution in [0.4, 0.5) is 5.69 Å². The van der Waals surface area contributed by atoms with Gasteiger partial charge < -0.3 is 14.7 Å². The van der Waals surface area contributed by atoms with Crippen molar-refractivity contribution in [2.24, 2.45) is 0 Å². The van der Waals surface area contributed by atoms with Crippen molar-refractivity contribution in [1.29, 1.82) is 0 Å². The molecule has 29 heavy (non-hydrogen) atoms. The molecule has 0 N–H and O–H groups in total. The first-order valence-corrected chi connectivity index (χ1v) is 9.95. The lowest BCUT2D eigenvalue weighted by Crippen LogP contribution is -2.50. The summed E-state index contributed by atoms with van der Waals surface area (Å²) in [6.45, 7) is 4.17. The van der Waals surface area contributed by atoms with E-state index in [1.165, 1.54) is 18.7 Å². The minimum absolute atomic E-state index is 0.0182. The van der Waals surface area contributed by atoms with E-state index in [1.54, 1.807) is 26.8 Å². The zero-order valence-corrected chi connectivity index (χ0v) is 16.5. The summed E-state index contributed by atoms with van der Waals surface area (Å²) >= 11 is 0. The third-order valence-corrected chi connectivity index (χ3v) is 5.59. The highest BCUT2D eigenvalue weighted by atomic mass is 16.2. The largest absolute Gasteiger partial charge is 0.339 e. The molecule has 2 aromatic rings. The minimum Gasteiger partial charge on any atom is -0.339 e. The average Bonchev–Trinajstić information content (AvgIpc) is 2.78. The fourth-order valence-electron chi connectivity index (χ4n) is 3.97. The summed E-state index contributed by atoms with van der Waals surface area (Å²) in [6.07, 6.45) is 3.40. The molecule has 7 nitrogen and oxygen atoms in total. The van der Waals surface area contributed by atoms with Gasteiger partial charge in [0.05, 0.1) is 0 Å². The van der Waals surface area contributed by atoms with Gasteiger partial charge in [-0.05, 0) is 36.6 Å². The monoisotopic (exact) mass is 392 g/mol. The fraction of sp³-hybridized carbons (Fsp3) is 0.364. The summed E-state index contributed by atoms with van der Waals surface area (Å²) in [5, 5.41) is 0. The topological polar surface area (TPSA) is 73.8 Å². The molecule has 7 heteroatoms. The molecule has 0 bridgehead atoms. The number of fused-ring (bicyclic) bond motifs is 1. The maximum Gasteiger partial charge on any atom is 0.272 e. The van der Waals surface area contributed by atoms with E-state index < -0.39 is 0 Å². The molecule has 1 aromatic heterocycles. The Bertz CT molecular complexity index is 951. The number of anilines is 1. The van der Waals surface area contributed by atoms with Crippen molar-refractivity contribution >= 4 is 23.4 Å². The van der Waals surface area contributed by atoms with Crippen LogP contribution >= 0.6 is 0 Å². The number of nitrogens with zero attached hydrogens (tertiary/aromatic N) is 4. The van der Waals surface area contributed by atoms with Crippen molar-refractivity contribution in [3.05, 3.63) is 59.4 Å². The molecule has 2 aliphatic rings. The first-order chi connectivity index (χ1) is 14.0. The lowest BCUT2D eigenvalue weighted by atomic mass is 10.0. The van der Waals surface area contributed by atoms with Crippen molar-refractivity contribution in [2.75, 3.05) is 37.6 Å². The van der Waals surface area contributed by atoms with E-state index in [9.17, 15) is 14.4 Å². The number of benzene rings is 1. The number of carbonyl (C=O) groups is 3. The zero-order chi connectivity index (χ0) is 20.4. The number of carbonyl (C=O) groups excluding carboxylic acids is 3. The fourth-order valence-corrected chi connectivity index (χ4v) is 3.97. The summed E-state index contributed by atoms with van der Waals surface area (Å²) in [5.41, 5.74) is 2.83. The third kappa shape index (κ3) is 3.85. The Morgan fingerprint density at radius 1 is 0.897 bits per heavy atom. The number of amides is 3. The Morgan fingerprint density at radius 2 is 1.62 bits per heavy atom. The predicted molar refractivity (Wildman–Crippen MR) is 109 cm³/mol. The number of para-hydroxylation sites is 1. The van der Waals surface area contributed by atoms with Crippen LogP contribution in [0.2, 0.25) is 0 Å². The molecular weight excluding hydrogens is 368 g/mol. The maximum atomic E-state index is 13.2. The zero-order valence-electron chi connectivity index (χ0n) is 16.5. The highest BCUT2D eigenvalue weighted by molar-refractivity contribution is 6.07. The van der Waals surface area contributed by atoms with E-state index >= 15 is 0 Å². The molecule has 0 radical (unpaired) electrons. The summed E-state index contributed by atoms with van der Waals surface area (Å²) in [6, 6.07) is 11.2. The van der Waals surface area contributed by atoms with Gasteiger partial charge in [0.2, 0.25) is 5.91 Å². The molecule has 0 atom stereocenters. The first kappa shape index (κ1) is 19.1. The van der Waals surface area contributed by atoms with Crippen LogP contribution in [0, 0.1) is 0 Å². The van der Waals surface area contributed by atoms with Gasteiger partial charge in [0.15, 0.2) is 0 Å². The Kier molecular flexibility index (Phi) is 5.29. The van der Waals surface area contributed by atoms with E-state index in [-0.39, 0.29) is 23.4 Å². The van der Waals surface area contributed by atoms with Gasteiger partial charge in [-0.1, -0.05) is 18.2 Å². The Morgan fingerprint density at radius 3 is 2.38 bits per heavy atom. The van der Waals surface area contributed by atoms with Crippen LogP contribution in [0.15, 0.2) is 42.6 Å². The van der Waals surface area contributed by atoms with Crippen LogP contribution in [-0.4, -0.2) is 65.2 Å². The second-order valence-corrected chi connectivity index (χ2v) is 7.42. The first-order valence-electron chi connectivity index (χ1n) is 9.95. The van der Waals surface area contributed by atoms with E-state index in [2.05, 4.69) is 11.1 Å². The predicted octanol–water partition coefficient (Wildman–Crippen LogP) is 1.98. The van der Waals surface area contributed by atoms with Crippen LogP contribution in [0.25, 0.3) is 0 Å². The summed E-state index contributed by atoms with van der Waals surface area (Å²) < 4.78 is 0. The van der Waals surface area contributed by atoms with E-state index in [0.29, 0.717) is 38.3 Å². The van der Waals surface area contributed by atoms with Crippen LogP contribution in [0.5, 0.6) is 0 Å². The number of aryl methyl sites for hydroxylation is 1. The van der Waals surface area contributed by atoms with Crippen molar-refractivity contribution in [3.8, 4) is 0 Å². The highest BCUT2D eigenvalue weighted by Gasteiger charge is 2.27. The molecule has 0 spiro atoms. The second kappa shape index (κ2) is 8.03. The van der Waals surface area contributed by atoms with E-state index in [0.717, 1.165) is 18.5 Å². The molecule has 3 heterocycles. The Labute approximate surface area is 169 Å². The molecule has 1 aromatic carbocycles. The smallest absolute Gasteiger partial charge is 0.272 e. The summed E-state index contributed by atoms with van der Waals surface area (Å²) in [4.78, 5) is 46.9. The Hall–Kier alpha value is -3.22. The summed E-state index contributed by atoms with van der Waals surface area (Å²) in [5.74, 6) is -0.304. The molecule has 150 valence electrons. The van der Waals surface area contributed by atoms with Gasteiger partial charge >= 0.3 is 0 Å². The molecule has 0 unspecified atom stereocenters. The molecule has 3 amide bonds. The van der Waals surface area contributed by atoms with Crippen LogP contribution in [-0.2, 0) is 11.2 Å². The third-order valence-electron chi connectivity index (χ3n) is 5.59. The average molecular weight is 392 g/mol. The minimum atomic E-state index is -0.207. The Balaban J connectivity index is 1.51. The summed E-state index contributed by atoms with van der Waals surface area (Å²) in [7, 11) is 0. The van der Waals surface area contributed by atoms with Crippen molar-refractivity contribution in [3.63, 3.8) is 0 Å². The number of hydrogen-bond acceptors (Lipinski definition) is 4. The SMILES string of the molecule is CC(=O)N1CCN(C(=O)c2cc(C(=O)N3CCCc4ccccc43)ccn2)CC1. The van der Waals surface area contributed by atoms with Gasteiger partial charge in [-0.3, -0.25) is 19.4 Å². The lowest BCUT2D eigenvalue weighted by Gasteiger charge is -2.34. The van der Waals surface area contributed by atoms with Crippen LogP contribution in [0.1, 0.15) is 39.8 Å². The van der Waals surface area contributed by atoms with E-state index in [1.807, 2.05) is 18.2 Å². The molecule has 4 rings (SSSR count). The van der Waals surface area contributed by atoms with Gasteiger partial charge in [-0.15, -0.1) is 0 Å². The number of pyridine rings is 1.